The van der Waals surface area contributed by atoms with Crippen molar-refractivity contribution in [2.45, 2.75) is 54.9 Å². The lowest BCUT2D eigenvalue weighted by Crippen LogP contribution is -2.55. The number of ether oxygens (including phenoxy) is 2. The summed E-state index contributed by atoms with van der Waals surface area (Å²) < 4.78 is 17.0. The topological polar surface area (TPSA) is 231 Å². The van der Waals surface area contributed by atoms with Crippen molar-refractivity contribution in [2.24, 2.45) is 0 Å². The van der Waals surface area contributed by atoms with Crippen molar-refractivity contribution >= 4 is 11.0 Å². The Labute approximate surface area is 220 Å². The van der Waals surface area contributed by atoms with Gasteiger partial charge in [-0.25, -0.2) is 0 Å². The molecule has 0 bridgehead atoms. The van der Waals surface area contributed by atoms with Gasteiger partial charge in [-0.1, -0.05) is 30.3 Å². The van der Waals surface area contributed by atoms with Gasteiger partial charge in [0.25, 0.3) is 0 Å². The summed E-state index contributed by atoms with van der Waals surface area (Å²) in [6, 6.07) is 9.42. The SMILES string of the molecule is O=c1cc(-c2ccccc2)oc2c([C@@H]3O[C@H](CO)[C@@H](O)[C@H](O)[C@H]3O)c(O)c([C@@H]3OC[C@H](O)[C@H](O)[C@H]3O)c(O)c12. The Hall–Kier alpha value is -3.11. The molecule has 0 amide bonds. The van der Waals surface area contributed by atoms with Crippen LogP contribution in [0.25, 0.3) is 22.3 Å². The van der Waals surface area contributed by atoms with Crippen molar-refractivity contribution in [2.75, 3.05) is 13.2 Å². The van der Waals surface area contributed by atoms with Crippen molar-refractivity contribution in [1.29, 1.82) is 0 Å². The molecule has 2 aromatic carbocycles. The normalized spacial score (nSPS) is 33.4. The minimum absolute atomic E-state index is 0.0120. The van der Waals surface area contributed by atoms with Crippen molar-refractivity contribution in [3.63, 3.8) is 0 Å². The van der Waals surface area contributed by atoms with Gasteiger partial charge in [-0.05, 0) is 0 Å². The van der Waals surface area contributed by atoms with Crippen LogP contribution in [0.1, 0.15) is 23.3 Å². The maximum Gasteiger partial charge on any atom is 0.197 e. The second-order valence-electron chi connectivity index (χ2n) is 9.62. The molecule has 2 aliphatic rings. The van der Waals surface area contributed by atoms with Gasteiger partial charge < -0.3 is 59.8 Å². The number of aliphatic hydroxyl groups excluding tert-OH is 7. The quantitative estimate of drug-likeness (QED) is 0.182. The second-order valence-corrected chi connectivity index (χ2v) is 9.62. The first kappa shape index (κ1) is 27.5. The molecular formula is C26H28O13. The molecular weight excluding hydrogens is 520 g/mol. The van der Waals surface area contributed by atoms with Gasteiger partial charge in [0, 0.05) is 11.6 Å². The minimum atomic E-state index is -1.93. The first-order valence-electron chi connectivity index (χ1n) is 12.1. The van der Waals surface area contributed by atoms with Gasteiger partial charge in [0.15, 0.2) is 11.0 Å². The van der Waals surface area contributed by atoms with E-state index in [0.29, 0.717) is 5.56 Å². The van der Waals surface area contributed by atoms with Crippen LogP contribution in [-0.2, 0) is 9.47 Å². The molecule has 0 aliphatic carbocycles. The number of hydrogen-bond donors (Lipinski definition) is 9. The molecule has 0 saturated carbocycles. The Morgan fingerprint density at radius 2 is 1.46 bits per heavy atom. The summed E-state index contributed by atoms with van der Waals surface area (Å²) in [5, 5.41) is 94.0. The summed E-state index contributed by atoms with van der Waals surface area (Å²) in [6.45, 7) is -1.30. The van der Waals surface area contributed by atoms with Crippen LogP contribution in [0.15, 0.2) is 45.6 Å². The van der Waals surface area contributed by atoms with E-state index < -0.39 is 107 Å². The zero-order valence-corrected chi connectivity index (χ0v) is 20.2. The molecule has 0 spiro atoms. The van der Waals surface area contributed by atoms with Crippen LogP contribution in [0, 0.1) is 0 Å². The van der Waals surface area contributed by atoms with Crippen LogP contribution < -0.4 is 5.43 Å². The fraction of sp³-hybridized carbons (Fsp3) is 0.423. The van der Waals surface area contributed by atoms with E-state index in [9.17, 15) is 50.8 Å². The number of benzene rings is 2. The number of aliphatic hydroxyl groups is 7. The van der Waals surface area contributed by atoms with E-state index in [1.165, 1.54) is 0 Å². The van der Waals surface area contributed by atoms with Crippen LogP contribution in [-0.4, -0.2) is 102 Å². The fourth-order valence-electron chi connectivity index (χ4n) is 5.09. The minimum Gasteiger partial charge on any atom is -0.507 e. The van der Waals surface area contributed by atoms with E-state index in [2.05, 4.69) is 0 Å². The number of aromatic hydroxyl groups is 2. The number of rotatable bonds is 4. The molecule has 13 heteroatoms. The number of phenols is 2. The smallest absolute Gasteiger partial charge is 0.197 e. The first-order chi connectivity index (χ1) is 18.6. The molecule has 2 saturated heterocycles. The molecule has 5 rings (SSSR count). The molecule has 39 heavy (non-hydrogen) atoms. The summed E-state index contributed by atoms with van der Waals surface area (Å²) in [4.78, 5) is 13.4. The molecule has 9 atom stereocenters. The summed E-state index contributed by atoms with van der Waals surface area (Å²) in [6.07, 6.45) is -15.4. The summed E-state index contributed by atoms with van der Waals surface area (Å²) >= 11 is 0. The molecule has 2 aliphatic heterocycles. The van der Waals surface area contributed by atoms with Crippen molar-refractivity contribution in [3.8, 4) is 22.8 Å². The van der Waals surface area contributed by atoms with Crippen molar-refractivity contribution < 1.29 is 59.8 Å². The van der Waals surface area contributed by atoms with Gasteiger partial charge >= 0.3 is 0 Å². The van der Waals surface area contributed by atoms with Gasteiger partial charge in [0.2, 0.25) is 0 Å². The molecule has 3 aromatic rings. The molecule has 3 heterocycles. The lowest BCUT2D eigenvalue weighted by molar-refractivity contribution is -0.231. The highest BCUT2D eigenvalue weighted by Gasteiger charge is 2.48. The van der Waals surface area contributed by atoms with Crippen LogP contribution >= 0.6 is 0 Å². The molecule has 13 nitrogen and oxygen atoms in total. The fourth-order valence-corrected chi connectivity index (χ4v) is 5.09. The van der Waals surface area contributed by atoms with E-state index in [0.717, 1.165) is 6.07 Å². The highest BCUT2D eigenvalue weighted by atomic mass is 16.5. The maximum atomic E-state index is 13.4. The lowest BCUT2D eigenvalue weighted by atomic mass is 9.85. The third-order valence-electron chi connectivity index (χ3n) is 7.21. The van der Waals surface area contributed by atoms with Crippen molar-refractivity contribution in [3.05, 3.63) is 57.7 Å². The van der Waals surface area contributed by atoms with Crippen LogP contribution in [0.3, 0.4) is 0 Å². The number of phenolic OH excluding ortho intramolecular Hbond substituents is 2. The van der Waals surface area contributed by atoms with Gasteiger partial charge in [-0.15, -0.1) is 0 Å². The highest BCUT2D eigenvalue weighted by molar-refractivity contribution is 5.91. The Morgan fingerprint density at radius 3 is 2.13 bits per heavy atom. The molecule has 0 unspecified atom stereocenters. The summed E-state index contributed by atoms with van der Waals surface area (Å²) in [5.41, 5.74) is -1.84. The lowest BCUT2D eigenvalue weighted by Gasteiger charge is -2.41. The molecule has 210 valence electrons. The zero-order valence-electron chi connectivity index (χ0n) is 20.2. The molecule has 2 fully saturated rings. The number of fused-ring (bicyclic) bond motifs is 1. The predicted molar refractivity (Wildman–Crippen MR) is 131 cm³/mol. The Balaban J connectivity index is 1.81. The Morgan fingerprint density at radius 1 is 0.795 bits per heavy atom. The van der Waals surface area contributed by atoms with Gasteiger partial charge in [-0.2, -0.15) is 0 Å². The third-order valence-corrected chi connectivity index (χ3v) is 7.21. The second kappa shape index (κ2) is 10.5. The average Bonchev–Trinajstić information content (AvgIpc) is 2.93. The standard InChI is InChI=1S/C26H28O13/c27-7-13-18(31)21(34)23(36)26(39-13)16-20(33)15(25-22(35)17(30)11(29)8-37-25)19(32)14-10(28)6-12(38-24(14)16)9-4-2-1-3-5-9/h1-6,11,13,17-18,21-23,25-27,29-36H,7-8H2/t11-,13+,17-,18+,21-,22+,23+,25-,26-/m0/s1. The van der Waals surface area contributed by atoms with Gasteiger partial charge in [0.1, 0.15) is 77.6 Å². The first-order valence-corrected chi connectivity index (χ1v) is 12.1. The third kappa shape index (κ3) is 4.47. The molecule has 0 radical (unpaired) electrons. The van der Waals surface area contributed by atoms with E-state index in [1.807, 2.05) is 0 Å². The monoisotopic (exact) mass is 548 g/mol. The largest absolute Gasteiger partial charge is 0.507 e. The van der Waals surface area contributed by atoms with Gasteiger partial charge in [-0.3, -0.25) is 4.79 Å². The van der Waals surface area contributed by atoms with Crippen molar-refractivity contribution in [1.82, 2.24) is 0 Å². The zero-order chi connectivity index (χ0) is 28.2. The van der Waals surface area contributed by atoms with E-state index in [1.54, 1.807) is 30.3 Å². The summed E-state index contributed by atoms with van der Waals surface area (Å²) in [7, 11) is 0. The van der Waals surface area contributed by atoms with E-state index in [-0.39, 0.29) is 5.76 Å². The average molecular weight is 548 g/mol. The number of hydrogen-bond acceptors (Lipinski definition) is 13. The Kier molecular flexibility index (Phi) is 7.37. The molecule has 1 aromatic heterocycles. The van der Waals surface area contributed by atoms with E-state index >= 15 is 0 Å². The van der Waals surface area contributed by atoms with Crippen LogP contribution in [0.4, 0.5) is 0 Å². The highest BCUT2D eigenvalue weighted by Crippen LogP contribution is 2.50. The maximum absolute atomic E-state index is 13.4. The predicted octanol–water partition coefficient (Wildman–Crippen LogP) is -1.46. The van der Waals surface area contributed by atoms with Crippen LogP contribution in [0.2, 0.25) is 0 Å². The summed E-state index contributed by atoms with van der Waals surface area (Å²) in [5.74, 6) is -1.74. The molecule has 9 N–H and O–H groups in total. The van der Waals surface area contributed by atoms with Crippen LogP contribution in [0.5, 0.6) is 11.5 Å². The van der Waals surface area contributed by atoms with E-state index in [4.69, 9.17) is 13.9 Å². The Bertz CT molecular complexity index is 1400. The van der Waals surface area contributed by atoms with Gasteiger partial charge in [0.05, 0.1) is 24.3 Å².